The van der Waals surface area contributed by atoms with Gasteiger partial charge in [-0.2, -0.15) is 0 Å². The Bertz CT molecular complexity index is 746. The van der Waals surface area contributed by atoms with Crippen molar-refractivity contribution in [1.82, 2.24) is 10.3 Å². The third kappa shape index (κ3) is 4.44. The fourth-order valence-electron chi connectivity index (χ4n) is 2.58. The highest BCUT2D eigenvalue weighted by atomic mass is 35.5. The molecule has 0 radical (unpaired) electrons. The van der Waals surface area contributed by atoms with Crippen LogP contribution in [0.5, 0.6) is 5.75 Å². The number of nitrogens with one attached hydrogen (secondary N) is 1. The topological polar surface area (TPSA) is 51.2 Å². The minimum Gasteiger partial charge on any atom is -0.478 e. The summed E-state index contributed by atoms with van der Waals surface area (Å²) in [5.74, 6) is 0.612. The smallest absolute Gasteiger partial charge is 0.263 e. The minimum absolute atomic E-state index is 0.168. The van der Waals surface area contributed by atoms with Crippen LogP contribution in [0.4, 0.5) is 0 Å². The summed E-state index contributed by atoms with van der Waals surface area (Å²) >= 11 is 12.2. The van der Waals surface area contributed by atoms with E-state index in [0.717, 1.165) is 17.5 Å². The minimum atomic E-state index is -0.989. The first-order valence-corrected chi connectivity index (χ1v) is 8.87. The maximum absolute atomic E-state index is 12.4. The number of hydrogen-bond acceptors (Lipinski definition) is 3. The zero-order valence-electron chi connectivity index (χ0n) is 14.1. The fraction of sp³-hybridized carbons (Fsp3) is 0.368. The van der Waals surface area contributed by atoms with Gasteiger partial charge in [-0.25, -0.2) is 0 Å². The molecule has 1 amide bonds. The third-order valence-corrected chi connectivity index (χ3v) is 5.07. The molecule has 1 aromatic heterocycles. The van der Waals surface area contributed by atoms with Crippen LogP contribution in [-0.2, 0) is 11.3 Å². The van der Waals surface area contributed by atoms with Crippen molar-refractivity contribution < 1.29 is 9.53 Å². The Hall–Kier alpha value is -1.78. The van der Waals surface area contributed by atoms with Crippen molar-refractivity contribution in [2.24, 2.45) is 0 Å². The van der Waals surface area contributed by atoms with E-state index in [1.165, 1.54) is 0 Å². The van der Waals surface area contributed by atoms with Gasteiger partial charge in [-0.15, -0.1) is 23.2 Å². The summed E-state index contributed by atoms with van der Waals surface area (Å²) in [6.07, 6.45) is 4.15. The molecule has 2 aromatic rings. The molecule has 1 N–H and O–H groups in total. The Labute approximate surface area is 157 Å². The number of carbonyl (C=O) groups excluding carboxylic acids is 1. The highest BCUT2D eigenvalue weighted by Crippen LogP contribution is 2.59. The quantitative estimate of drug-likeness (QED) is 0.765. The first kappa shape index (κ1) is 18.0. The van der Waals surface area contributed by atoms with Crippen molar-refractivity contribution in [3.8, 4) is 5.75 Å². The van der Waals surface area contributed by atoms with Crippen LogP contribution in [-0.4, -0.2) is 20.8 Å². The van der Waals surface area contributed by atoms with Crippen molar-refractivity contribution in [2.45, 2.75) is 42.7 Å². The van der Waals surface area contributed by atoms with Crippen molar-refractivity contribution in [3.63, 3.8) is 0 Å². The van der Waals surface area contributed by atoms with Crippen LogP contribution < -0.4 is 10.1 Å². The van der Waals surface area contributed by atoms with Crippen molar-refractivity contribution >= 4 is 29.1 Å². The number of aromatic nitrogens is 1. The maximum atomic E-state index is 12.4. The van der Waals surface area contributed by atoms with Gasteiger partial charge in [-0.1, -0.05) is 12.1 Å². The van der Waals surface area contributed by atoms with Gasteiger partial charge in [0.2, 0.25) is 0 Å². The molecule has 0 aliphatic heterocycles. The number of rotatable bonds is 6. The van der Waals surface area contributed by atoms with Gasteiger partial charge >= 0.3 is 0 Å². The Morgan fingerprint density at radius 2 is 1.84 bits per heavy atom. The Balaban J connectivity index is 1.57. The summed E-state index contributed by atoms with van der Waals surface area (Å²) in [6, 6.07) is 11.3. The van der Waals surface area contributed by atoms with Crippen molar-refractivity contribution in [1.29, 1.82) is 0 Å². The summed E-state index contributed by atoms with van der Waals surface area (Å²) < 4.78 is 5.22. The summed E-state index contributed by atoms with van der Waals surface area (Å²) in [5, 5.41) is 2.88. The number of benzene rings is 1. The molecule has 0 saturated heterocycles. The first-order valence-electron chi connectivity index (χ1n) is 8.12. The van der Waals surface area contributed by atoms with Crippen molar-refractivity contribution in [3.05, 3.63) is 59.9 Å². The molecule has 1 fully saturated rings. The van der Waals surface area contributed by atoms with Gasteiger partial charge in [0.05, 0.1) is 0 Å². The SMILES string of the molecule is CC(C)(Oc1ccc(C2CC2(Cl)Cl)cc1)C(=O)NCc1ccncc1. The molecule has 0 spiro atoms. The Morgan fingerprint density at radius 3 is 2.40 bits per heavy atom. The van der Waals surface area contributed by atoms with Gasteiger partial charge in [0.25, 0.3) is 5.91 Å². The lowest BCUT2D eigenvalue weighted by molar-refractivity contribution is -0.134. The van der Waals surface area contributed by atoms with E-state index in [4.69, 9.17) is 27.9 Å². The van der Waals surface area contributed by atoms with E-state index in [1.807, 2.05) is 36.4 Å². The molecule has 4 nitrogen and oxygen atoms in total. The van der Waals surface area contributed by atoms with Crippen LogP contribution in [0.3, 0.4) is 0 Å². The van der Waals surface area contributed by atoms with Gasteiger partial charge in [0.15, 0.2) is 5.60 Å². The summed E-state index contributed by atoms with van der Waals surface area (Å²) in [5.41, 5.74) is 1.08. The van der Waals surface area contributed by atoms with E-state index in [9.17, 15) is 4.79 Å². The number of carbonyl (C=O) groups is 1. The summed E-state index contributed by atoms with van der Waals surface area (Å²) in [7, 11) is 0. The standard InChI is InChI=1S/C19H20Cl2N2O2/c1-18(2,17(24)23-12-13-7-9-22-10-8-13)25-15-5-3-14(4-6-15)16-11-19(16,20)21/h3-10,16H,11-12H2,1-2H3,(H,23,24). The molecule has 1 atom stereocenters. The molecule has 1 aromatic carbocycles. The first-order chi connectivity index (χ1) is 11.8. The molecule has 0 bridgehead atoms. The maximum Gasteiger partial charge on any atom is 0.263 e. The van der Waals surface area contributed by atoms with Gasteiger partial charge in [0, 0.05) is 24.9 Å². The van der Waals surface area contributed by atoms with Crippen LogP contribution in [0, 0.1) is 0 Å². The largest absolute Gasteiger partial charge is 0.478 e. The highest BCUT2D eigenvalue weighted by Gasteiger charge is 2.52. The van der Waals surface area contributed by atoms with Crippen LogP contribution in [0.15, 0.2) is 48.8 Å². The van der Waals surface area contributed by atoms with E-state index >= 15 is 0 Å². The van der Waals surface area contributed by atoms with Gasteiger partial charge in [-0.3, -0.25) is 9.78 Å². The second-order valence-corrected chi connectivity index (χ2v) is 8.28. The second kappa shape index (κ2) is 6.85. The molecule has 25 heavy (non-hydrogen) atoms. The van der Waals surface area contributed by atoms with Gasteiger partial charge in [0.1, 0.15) is 10.1 Å². The number of halogens is 2. The molecule has 1 aliphatic carbocycles. The van der Waals surface area contributed by atoms with Crippen LogP contribution in [0.25, 0.3) is 0 Å². The number of pyridine rings is 1. The number of ether oxygens (including phenoxy) is 1. The van der Waals surface area contributed by atoms with Gasteiger partial charge in [-0.05, 0) is 55.7 Å². The lowest BCUT2D eigenvalue weighted by Crippen LogP contribution is -2.46. The predicted octanol–water partition coefficient (Wildman–Crippen LogP) is 4.22. The zero-order valence-corrected chi connectivity index (χ0v) is 15.6. The monoisotopic (exact) mass is 378 g/mol. The average Bonchev–Trinajstić information content (AvgIpc) is 3.22. The molecule has 1 heterocycles. The summed E-state index contributed by atoms with van der Waals surface area (Å²) in [6.45, 7) is 3.92. The lowest BCUT2D eigenvalue weighted by Gasteiger charge is -2.25. The highest BCUT2D eigenvalue weighted by molar-refractivity contribution is 6.51. The van der Waals surface area contributed by atoms with E-state index in [0.29, 0.717) is 12.3 Å². The fourth-order valence-corrected chi connectivity index (χ4v) is 3.14. The molecule has 1 unspecified atom stereocenters. The molecule has 3 rings (SSSR count). The predicted molar refractivity (Wildman–Crippen MR) is 99.0 cm³/mol. The molecular formula is C19H20Cl2N2O2. The molecule has 6 heteroatoms. The normalized spacial score (nSPS) is 18.5. The number of amides is 1. The molecule has 1 aliphatic rings. The Kier molecular flexibility index (Phi) is 4.94. The van der Waals surface area contributed by atoms with E-state index in [1.54, 1.807) is 26.2 Å². The van der Waals surface area contributed by atoms with E-state index < -0.39 is 9.93 Å². The molecule has 132 valence electrons. The van der Waals surface area contributed by atoms with Crippen LogP contribution in [0.1, 0.15) is 37.3 Å². The second-order valence-electron chi connectivity index (χ2n) is 6.74. The number of alkyl halides is 2. The van der Waals surface area contributed by atoms with Gasteiger partial charge < -0.3 is 10.1 Å². The molecular weight excluding hydrogens is 359 g/mol. The lowest BCUT2D eigenvalue weighted by atomic mass is 10.1. The van der Waals surface area contributed by atoms with Crippen molar-refractivity contribution in [2.75, 3.05) is 0 Å². The summed E-state index contributed by atoms with van der Waals surface area (Å²) in [4.78, 5) is 16.4. The average molecular weight is 379 g/mol. The number of hydrogen-bond donors (Lipinski definition) is 1. The molecule has 1 saturated carbocycles. The Morgan fingerprint density at radius 1 is 1.24 bits per heavy atom. The van der Waals surface area contributed by atoms with E-state index in [2.05, 4.69) is 10.3 Å². The number of nitrogens with zero attached hydrogens (tertiary/aromatic N) is 1. The van der Waals surface area contributed by atoms with Crippen LogP contribution in [0.2, 0.25) is 0 Å². The van der Waals surface area contributed by atoms with Crippen LogP contribution >= 0.6 is 23.2 Å². The zero-order chi connectivity index (χ0) is 18.1. The van der Waals surface area contributed by atoms with E-state index in [-0.39, 0.29) is 11.8 Å². The third-order valence-electron chi connectivity index (χ3n) is 4.23.